The van der Waals surface area contributed by atoms with Crippen LogP contribution in [0.2, 0.25) is 0 Å². The van der Waals surface area contributed by atoms with Crippen molar-refractivity contribution in [1.29, 1.82) is 0 Å². The number of hydrogen-bond acceptors (Lipinski definition) is 3. The van der Waals surface area contributed by atoms with E-state index in [-0.39, 0.29) is 16.7 Å². The molecule has 1 aliphatic heterocycles. The Bertz CT molecular complexity index is 569. The van der Waals surface area contributed by atoms with Crippen molar-refractivity contribution in [3.63, 3.8) is 0 Å². The summed E-state index contributed by atoms with van der Waals surface area (Å²) in [5.74, 6) is 1.34. The first-order chi connectivity index (χ1) is 12.0. The molecule has 1 fully saturated rings. The molecule has 0 aromatic heterocycles. The third kappa shape index (κ3) is 7.29. The standard InChI is InChI=1S/C17H26NO2S.BF4/c1-5-21(4)15-8-6-14(7-9-15)16(19)17(2,3)18-10-12-20-13-11-18;2-1(3,4)5/h6-9H,5,10-13H2,1-4H3;/q+1;-1. The van der Waals surface area contributed by atoms with Crippen molar-refractivity contribution in [2.75, 3.05) is 38.3 Å². The minimum absolute atomic E-state index is 0.198. The lowest BCUT2D eigenvalue weighted by Crippen LogP contribution is -2.54. The second kappa shape index (κ2) is 9.76. The maximum atomic E-state index is 12.8. The van der Waals surface area contributed by atoms with E-state index in [4.69, 9.17) is 4.74 Å². The molecule has 0 aliphatic carbocycles. The Morgan fingerprint density at radius 3 is 2.04 bits per heavy atom. The highest BCUT2D eigenvalue weighted by molar-refractivity contribution is 7.96. The Kier molecular flexibility index (Phi) is 8.63. The highest BCUT2D eigenvalue weighted by atomic mass is 32.2. The van der Waals surface area contributed by atoms with Gasteiger partial charge in [-0.05, 0) is 45.0 Å². The summed E-state index contributed by atoms with van der Waals surface area (Å²) in [6.45, 7) is 9.31. The van der Waals surface area contributed by atoms with Crippen LogP contribution in [-0.2, 0) is 15.6 Å². The molecule has 0 amide bonds. The van der Waals surface area contributed by atoms with Crippen LogP contribution in [0, 0.1) is 0 Å². The number of ether oxygens (including phenoxy) is 1. The largest absolute Gasteiger partial charge is 0.673 e. The maximum Gasteiger partial charge on any atom is 0.673 e. The highest BCUT2D eigenvalue weighted by Crippen LogP contribution is 2.23. The monoisotopic (exact) mass is 395 g/mol. The zero-order chi connectivity index (χ0) is 20.0. The summed E-state index contributed by atoms with van der Waals surface area (Å²) in [6.07, 6.45) is 2.24. The summed E-state index contributed by atoms with van der Waals surface area (Å²) in [4.78, 5) is 16.4. The second-order valence-corrected chi connectivity index (χ2v) is 8.76. The number of nitrogens with zero attached hydrogens (tertiary/aromatic N) is 1. The van der Waals surface area contributed by atoms with Crippen LogP contribution in [0.15, 0.2) is 29.2 Å². The lowest BCUT2D eigenvalue weighted by atomic mass is 9.91. The fourth-order valence-corrected chi connectivity index (χ4v) is 3.56. The lowest BCUT2D eigenvalue weighted by molar-refractivity contribution is -0.00430. The van der Waals surface area contributed by atoms with E-state index in [9.17, 15) is 22.1 Å². The molecule has 9 heteroatoms. The molecule has 1 heterocycles. The van der Waals surface area contributed by atoms with Crippen LogP contribution in [-0.4, -0.2) is 61.8 Å². The van der Waals surface area contributed by atoms with Gasteiger partial charge >= 0.3 is 7.25 Å². The molecule has 0 bridgehead atoms. The van der Waals surface area contributed by atoms with Crippen LogP contribution < -0.4 is 0 Å². The van der Waals surface area contributed by atoms with E-state index in [1.54, 1.807) is 0 Å². The fourth-order valence-electron chi connectivity index (χ4n) is 2.62. The molecule has 0 radical (unpaired) electrons. The quantitative estimate of drug-likeness (QED) is 0.328. The van der Waals surface area contributed by atoms with E-state index < -0.39 is 12.8 Å². The first-order valence-corrected chi connectivity index (χ1v) is 10.2. The van der Waals surface area contributed by atoms with E-state index in [1.165, 1.54) is 4.90 Å². The smallest absolute Gasteiger partial charge is 0.418 e. The van der Waals surface area contributed by atoms with Gasteiger partial charge in [0.2, 0.25) is 0 Å². The van der Waals surface area contributed by atoms with Crippen LogP contribution in [0.25, 0.3) is 0 Å². The molecule has 0 spiro atoms. The third-order valence-corrected chi connectivity index (χ3v) is 6.25. The average Bonchev–Trinajstić information content (AvgIpc) is 2.60. The molecule has 1 unspecified atom stereocenters. The topological polar surface area (TPSA) is 29.5 Å². The van der Waals surface area contributed by atoms with Crippen LogP contribution in [0.5, 0.6) is 0 Å². The van der Waals surface area contributed by atoms with Crippen LogP contribution in [0.4, 0.5) is 17.3 Å². The first-order valence-electron chi connectivity index (χ1n) is 8.44. The van der Waals surface area contributed by atoms with Crippen molar-refractivity contribution >= 4 is 23.9 Å². The predicted octanol–water partition coefficient (Wildman–Crippen LogP) is 3.91. The minimum atomic E-state index is -6.00. The summed E-state index contributed by atoms with van der Waals surface area (Å²) in [7, 11) is -5.73. The van der Waals surface area contributed by atoms with Crippen LogP contribution >= 0.6 is 0 Å². The van der Waals surface area contributed by atoms with Crippen LogP contribution in [0.1, 0.15) is 31.1 Å². The number of rotatable bonds is 5. The normalized spacial score (nSPS) is 17.2. The van der Waals surface area contributed by atoms with Gasteiger partial charge in [0.1, 0.15) is 12.0 Å². The van der Waals surface area contributed by atoms with Crippen molar-refractivity contribution < 1.29 is 26.8 Å². The second-order valence-electron chi connectivity index (χ2n) is 6.43. The summed E-state index contributed by atoms with van der Waals surface area (Å²) < 4.78 is 44.4. The number of carbonyl (C=O) groups excluding carboxylic acids is 1. The molecule has 1 aromatic rings. The molecular formula is C17H26BF4NO2S. The summed E-state index contributed by atoms with van der Waals surface area (Å²) >= 11 is 0. The molecule has 1 saturated heterocycles. The maximum absolute atomic E-state index is 12.8. The van der Waals surface area contributed by atoms with Gasteiger partial charge in [-0.25, -0.2) is 0 Å². The molecule has 148 valence electrons. The van der Waals surface area contributed by atoms with Crippen molar-refractivity contribution in [3.8, 4) is 0 Å². The summed E-state index contributed by atoms with van der Waals surface area (Å²) in [5, 5.41) is 0. The van der Waals surface area contributed by atoms with Gasteiger partial charge in [-0.15, -0.1) is 0 Å². The number of carbonyl (C=O) groups is 1. The molecular weight excluding hydrogens is 369 g/mol. The SMILES string of the molecule is CC[S+](C)c1ccc(C(=O)C(C)(C)N2CCOCC2)cc1.F[B-](F)(F)F. The Balaban J connectivity index is 0.000000597. The summed E-state index contributed by atoms with van der Waals surface area (Å²) in [6, 6.07) is 8.18. The van der Waals surface area contributed by atoms with E-state index in [0.29, 0.717) is 13.2 Å². The number of Topliss-reactive ketones (excluding diaryl/α,β-unsaturated/α-hetero) is 1. The van der Waals surface area contributed by atoms with Crippen molar-refractivity contribution in [2.24, 2.45) is 0 Å². The van der Waals surface area contributed by atoms with Gasteiger partial charge < -0.3 is 22.0 Å². The number of morpholine rings is 1. The van der Waals surface area contributed by atoms with Crippen molar-refractivity contribution in [3.05, 3.63) is 29.8 Å². The average molecular weight is 395 g/mol. The summed E-state index contributed by atoms with van der Waals surface area (Å²) in [5.41, 5.74) is 0.340. The molecule has 3 nitrogen and oxygen atoms in total. The predicted molar refractivity (Wildman–Crippen MR) is 99.5 cm³/mol. The third-order valence-electron chi connectivity index (χ3n) is 4.31. The van der Waals surface area contributed by atoms with Gasteiger partial charge in [0, 0.05) is 29.5 Å². The molecule has 0 N–H and O–H groups in total. The van der Waals surface area contributed by atoms with Gasteiger partial charge in [-0.2, -0.15) is 0 Å². The van der Waals surface area contributed by atoms with Crippen molar-refractivity contribution in [2.45, 2.75) is 31.2 Å². The Morgan fingerprint density at radius 2 is 1.62 bits per heavy atom. The lowest BCUT2D eigenvalue weighted by Gasteiger charge is -2.39. The minimum Gasteiger partial charge on any atom is -0.418 e. The number of hydrogen-bond donors (Lipinski definition) is 0. The molecule has 1 aliphatic rings. The molecule has 1 atom stereocenters. The van der Waals surface area contributed by atoms with Gasteiger partial charge in [0.05, 0.1) is 18.8 Å². The van der Waals surface area contributed by atoms with Crippen LogP contribution in [0.3, 0.4) is 0 Å². The van der Waals surface area contributed by atoms with Gasteiger partial charge in [0.15, 0.2) is 10.7 Å². The Hall–Kier alpha value is -1.06. The van der Waals surface area contributed by atoms with E-state index in [2.05, 4.69) is 30.2 Å². The van der Waals surface area contributed by atoms with Gasteiger partial charge in [-0.1, -0.05) is 0 Å². The van der Waals surface area contributed by atoms with Crippen molar-refractivity contribution in [1.82, 2.24) is 4.90 Å². The first kappa shape index (κ1) is 23.0. The molecule has 26 heavy (non-hydrogen) atoms. The van der Waals surface area contributed by atoms with E-state index in [0.717, 1.165) is 24.4 Å². The number of halogens is 4. The Morgan fingerprint density at radius 1 is 1.15 bits per heavy atom. The zero-order valence-electron chi connectivity index (χ0n) is 15.6. The zero-order valence-corrected chi connectivity index (χ0v) is 16.4. The van der Waals surface area contributed by atoms with E-state index >= 15 is 0 Å². The van der Waals surface area contributed by atoms with Gasteiger partial charge in [-0.3, -0.25) is 9.69 Å². The fraction of sp³-hybridized carbons (Fsp3) is 0.588. The number of benzene rings is 1. The number of ketones is 1. The molecule has 1 aromatic carbocycles. The highest BCUT2D eigenvalue weighted by Gasteiger charge is 2.36. The molecule has 0 saturated carbocycles. The molecule has 2 rings (SSSR count). The van der Waals surface area contributed by atoms with Gasteiger partial charge in [0.25, 0.3) is 0 Å². The Labute approximate surface area is 155 Å². The van der Waals surface area contributed by atoms with E-state index in [1.807, 2.05) is 26.0 Å².